The van der Waals surface area contributed by atoms with Crippen LogP contribution >= 0.6 is 11.6 Å². The smallest absolute Gasteiger partial charge is 0.313 e. The molecule has 0 unspecified atom stereocenters. The van der Waals surface area contributed by atoms with Gasteiger partial charge in [0.25, 0.3) is 0 Å². The van der Waals surface area contributed by atoms with Gasteiger partial charge < -0.3 is 4.90 Å². The van der Waals surface area contributed by atoms with E-state index < -0.39 is 4.92 Å². The molecule has 21 heavy (non-hydrogen) atoms. The number of pyridine rings is 1. The van der Waals surface area contributed by atoms with Crippen molar-refractivity contribution in [1.29, 1.82) is 0 Å². The highest BCUT2D eigenvalue weighted by atomic mass is 35.5. The summed E-state index contributed by atoms with van der Waals surface area (Å²) in [4.78, 5) is 16.6. The van der Waals surface area contributed by atoms with Crippen LogP contribution in [0.1, 0.15) is 11.1 Å². The van der Waals surface area contributed by atoms with Gasteiger partial charge in [-0.1, -0.05) is 17.7 Å². The molecule has 0 amide bonds. The maximum atomic E-state index is 13.2. The molecule has 3 rings (SSSR count). The van der Waals surface area contributed by atoms with E-state index in [-0.39, 0.29) is 16.5 Å². The third kappa shape index (κ3) is 2.67. The van der Waals surface area contributed by atoms with Crippen molar-refractivity contribution in [3.05, 3.63) is 62.5 Å². The van der Waals surface area contributed by atoms with Crippen molar-refractivity contribution in [3.63, 3.8) is 0 Å². The standard InChI is InChI=1S/C14H11ClFN3O2/c15-11-6-13(19(20)21)14(17-7-11)18-4-3-9-5-12(16)2-1-10(9)8-18/h1-2,5-7H,3-4,8H2. The summed E-state index contributed by atoms with van der Waals surface area (Å²) in [6.07, 6.45) is 2.01. The molecule has 1 aliphatic rings. The molecular formula is C14H11ClFN3O2. The summed E-state index contributed by atoms with van der Waals surface area (Å²) in [5.74, 6) is 0.0252. The first-order valence-electron chi connectivity index (χ1n) is 6.37. The molecule has 1 aromatic heterocycles. The zero-order valence-electron chi connectivity index (χ0n) is 10.9. The lowest BCUT2D eigenvalue weighted by Gasteiger charge is -2.29. The Balaban J connectivity index is 1.96. The van der Waals surface area contributed by atoms with Gasteiger partial charge in [0.15, 0.2) is 0 Å². The fraction of sp³-hybridized carbons (Fsp3) is 0.214. The Bertz CT molecular complexity index is 723. The Hall–Kier alpha value is -2.21. The Labute approximate surface area is 125 Å². The van der Waals surface area contributed by atoms with Gasteiger partial charge in [0, 0.05) is 25.4 Å². The molecule has 1 aromatic carbocycles. The molecule has 0 radical (unpaired) electrons. The zero-order chi connectivity index (χ0) is 15.0. The predicted molar refractivity (Wildman–Crippen MR) is 77.1 cm³/mol. The van der Waals surface area contributed by atoms with E-state index in [0.717, 1.165) is 11.1 Å². The van der Waals surface area contributed by atoms with Crippen LogP contribution in [0.3, 0.4) is 0 Å². The van der Waals surface area contributed by atoms with Crippen molar-refractivity contribution in [2.24, 2.45) is 0 Å². The second-order valence-corrected chi connectivity index (χ2v) is 5.27. The van der Waals surface area contributed by atoms with Gasteiger partial charge in [-0.15, -0.1) is 0 Å². The van der Waals surface area contributed by atoms with Crippen molar-refractivity contribution in [2.45, 2.75) is 13.0 Å². The monoisotopic (exact) mass is 307 g/mol. The van der Waals surface area contributed by atoms with Gasteiger partial charge in [-0.05, 0) is 29.7 Å². The average Bonchev–Trinajstić information content (AvgIpc) is 2.46. The number of nitrogens with zero attached hydrogens (tertiary/aromatic N) is 3. The van der Waals surface area contributed by atoms with Crippen molar-refractivity contribution >= 4 is 23.1 Å². The summed E-state index contributed by atoms with van der Waals surface area (Å²) in [5.41, 5.74) is 1.77. The number of anilines is 1. The molecule has 0 fully saturated rings. The Morgan fingerprint density at radius 2 is 2.14 bits per heavy atom. The van der Waals surface area contributed by atoms with E-state index in [1.807, 2.05) is 4.90 Å². The number of hydrogen-bond donors (Lipinski definition) is 0. The van der Waals surface area contributed by atoms with Gasteiger partial charge in [-0.2, -0.15) is 0 Å². The third-order valence-corrected chi connectivity index (χ3v) is 3.70. The molecule has 0 spiro atoms. The quantitative estimate of drug-likeness (QED) is 0.630. The second kappa shape index (κ2) is 5.29. The van der Waals surface area contributed by atoms with Crippen LogP contribution in [0.25, 0.3) is 0 Å². The number of hydrogen-bond acceptors (Lipinski definition) is 4. The molecule has 2 aromatic rings. The maximum absolute atomic E-state index is 13.2. The number of nitro groups is 1. The first kappa shape index (κ1) is 13.8. The van der Waals surface area contributed by atoms with Crippen LogP contribution in [0.4, 0.5) is 15.9 Å². The normalized spacial score (nSPS) is 13.9. The van der Waals surface area contributed by atoms with E-state index in [1.54, 1.807) is 6.07 Å². The minimum atomic E-state index is -0.492. The lowest BCUT2D eigenvalue weighted by Crippen LogP contribution is -2.31. The van der Waals surface area contributed by atoms with Crippen molar-refractivity contribution in [3.8, 4) is 0 Å². The number of aromatic nitrogens is 1. The van der Waals surface area contributed by atoms with E-state index in [1.165, 1.54) is 24.4 Å². The fourth-order valence-corrected chi connectivity index (χ4v) is 2.65. The molecule has 0 aliphatic carbocycles. The molecular weight excluding hydrogens is 297 g/mol. The molecule has 0 N–H and O–H groups in total. The topological polar surface area (TPSA) is 59.3 Å². The molecule has 1 aliphatic heterocycles. The summed E-state index contributed by atoms with van der Waals surface area (Å²) >= 11 is 5.77. The summed E-state index contributed by atoms with van der Waals surface area (Å²) in [5, 5.41) is 11.4. The lowest BCUT2D eigenvalue weighted by atomic mass is 9.99. The number of halogens is 2. The zero-order valence-corrected chi connectivity index (χ0v) is 11.7. The van der Waals surface area contributed by atoms with Crippen LogP contribution in [0, 0.1) is 15.9 Å². The molecule has 0 bridgehead atoms. The summed E-state index contributed by atoms with van der Waals surface area (Å²) in [6, 6.07) is 5.91. The molecule has 2 heterocycles. The molecule has 7 heteroatoms. The number of fused-ring (bicyclic) bond motifs is 1. The lowest BCUT2D eigenvalue weighted by molar-refractivity contribution is -0.384. The van der Waals surface area contributed by atoms with E-state index in [9.17, 15) is 14.5 Å². The van der Waals surface area contributed by atoms with E-state index in [2.05, 4.69) is 4.98 Å². The van der Waals surface area contributed by atoms with Crippen molar-refractivity contribution in [1.82, 2.24) is 4.98 Å². The second-order valence-electron chi connectivity index (χ2n) is 4.84. The SMILES string of the molecule is O=[N+]([O-])c1cc(Cl)cnc1N1CCc2cc(F)ccc2C1. The maximum Gasteiger partial charge on any atom is 0.313 e. The summed E-state index contributed by atoms with van der Waals surface area (Å²) in [7, 11) is 0. The van der Waals surface area contributed by atoms with Crippen LogP contribution in [-0.4, -0.2) is 16.5 Å². The van der Waals surface area contributed by atoms with Crippen LogP contribution in [0.5, 0.6) is 0 Å². The van der Waals surface area contributed by atoms with E-state index in [4.69, 9.17) is 11.6 Å². The minimum Gasteiger partial charge on any atom is -0.346 e. The van der Waals surface area contributed by atoms with Gasteiger partial charge >= 0.3 is 5.69 Å². The Morgan fingerprint density at radius 3 is 2.90 bits per heavy atom. The van der Waals surface area contributed by atoms with Crippen LogP contribution in [-0.2, 0) is 13.0 Å². The predicted octanol–water partition coefficient (Wildman–Crippen LogP) is 3.35. The van der Waals surface area contributed by atoms with Gasteiger partial charge in [0.2, 0.25) is 5.82 Å². The molecule has 0 atom stereocenters. The highest BCUT2D eigenvalue weighted by molar-refractivity contribution is 6.30. The van der Waals surface area contributed by atoms with Crippen LogP contribution < -0.4 is 4.90 Å². The van der Waals surface area contributed by atoms with Gasteiger partial charge in [-0.3, -0.25) is 10.1 Å². The van der Waals surface area contributed by atoms with Crippen molar-refractivity contribution in [2.75, 3.05) is 11.4 Å². The molecule has 0 saturated carbocycles. The first-order valence-corrected chi connectivity index (χ1v) is 6.74. The summed E-state index contributed by atoms with van der Waals surface area (Å²) < 4.78 is 13.2. The van der Waals surface area contributed by atoms with E-state index >= 15 is 0 Å². The minimum absolute atomic E-state index is 0.118. The van der Waals surface area contributed by atoms with Crippen LogP contribution in [0.2, 0.25) is 5.02 Å². The molecule has 108 valence electrons. The van der Waals surface area contributed by atoms with Gasteiger partial charge in [0.1, 0.15) is 5.82 Å². The highest BCUT2D eigenvalue weighted by Gasteiger charge is 2.25. The van der Waals surface area contributed by atoms with E-state index in [0.29, 0.717) is 25.3 Å². The largest absolute Gasteiger partial charge is 0.346 e. The van der Waals surface area contributed by atoms with Gasteiger partial charge in [-0.25, -0.2) is 9.37 Å². The van der Waals surface area contributed by atoms with Crippen LogP contribution in [0.15, 0.2) is 30.5 Å². The number of benzene rings is 1. The highest BCUT2D eigenvalue weighted by Crippen LogP contribution is 2.32. The Morgan fingerprint density at radius 1 is 1.33 bits per heavy atom. The summed E-state index contributed by atoms with van der Waals surface area (Å²) in [6.45, 7) is 1.01. The van der Waals surface area contributed by atoms with Crippen molar-refractivity contribution < 1.29 is 9.31 Å². The van der Waals surface area contributed by atoms with Gasteiger partial charge in [0.05, 0.1) is 9.95 Å². The molecule has 0 saturated heterocycles. The first-order chi connectivity index (χ1) is 10.0. The average molecular weight is 308 g/mol. The number of rotatable bonds is 2. The molecule has 5 nitrogen and oxygen atoms in total. The fourth-order valence-electron chi connectivity index (χ4n) is 2.50. The Kier molecular flexibility index (Phi) is 3.47. The third-order valence-electron chi connectivity index (χ3n) is 3.49.